The molecule has 0 aromatic rings. The second-order valence-corrected chi connectivity index (χ2v) is 3.74. The van der Waals surface area contributed by atoms with Crippen LogP contribution >= 0.6 is 0 Å². The minimum Gasteiger partial charge on any atom is -0.370 e. The van der Waals surface area contributed by atoms with Crippen molar-refractivity contribution in [1.82, 2.24) is 4.90 Å². The third kappa shape index (κ3) is 3.74. The van der Waals surface area contributed by atoms with Crippen LogP contribution in [0.5, 0.6) is 0 Å². The van der Waals surface area contributed by atoms with Crippen molar-refractivity contribution in [3.05, 3.63) is 0 Å². The number of amides is 1. The lowest BCUT2D eigenvalue weighted by Crippen LogP contribution is -2.37. The normalized spacial score (nSPS) is 20.4. The van der Waals surface area contributed by atoms with Crippen LogP contribution in [0.3, 0.4) is 0 Å². The first-order valence-electron chi connectivity index (χ1n) is 4.93. The molecule has 1 aliphatic heterocycles. The second kappa shape index (κ2) is 5.19. The maximum Gasteiger partial charge on any atom is 0.217 e. The molecular weight excluding hydrogens is 166 g/mol. The summed E-state index contributed by atoms with van der Waals surface area (Å²) in [5.74, 6) is 0.337. The highest BCUT2D eigenvalue weighted by Gasteiger charge is 2.19. The van der Waals surface area contributed by atoms with E-state index in [0.717, 1.165) is 39.0 Å². The van der Waals surface area contributed by atoms with Crippen LogP contribution in [0.1, 0.15) is 19.3 Å². The summed E-state index contributed by atoms with van der Waals surface area (Å²) in [7, 11) is 0. The van der Waals surface area contributed by atoms with Gasteiger partial charge in [-0.25, -0.2) is 0 Å². The van der Waals surface area contributed by atoms with E-state index in [1.807, 2.05) is 0 Å². The molecule has 4 heteroatoms. The van der Waals surface area contributed by atoms with Gasteiger partial charge in [-0.15, -0.1) is 0 Å². The molecule has 0 atom stereocenters. The Morgan fingerprint density at radius 3 is 2.46 bits per heavy atom. The first kappa shape index (κ1) is 10.5. The van der Waals surface area contributed by atoms with Crippen molar-refractivity contribution in [1.29, 1.82) is 0 Å². The quantitative estimate of drug-likeness (QED) is 0.622. The van der Waals surface area contributed by atoms with Crippen LogP contribution in [0.2, 0.25) is 0 Å². The molecule has 0 aromatic carbocycles. The Bertz CT molecular complexity index is 164. The molecule has 1 amide bonds. The summed E-state index contributed by atoms with van der Waals surface area (Å²) in [4.78, 5) is 13.0. The summed E-state index contributed by atoms with van der Waals surface area (Å²) in [6, 6.07) is 0. The van der Waals surface area contributed by atoms with Gasteiger partial charge in [-0.05, 0) is 31.8 Å². The van der Waals surface area contributed by atoms with Gasteiger partial charge in [0.15, 0.2) is 0 Å². The number of piperidine rings is 1. The summed E-state index contributed by atoms with van der Waals surface area (Å²) in [5, 5.41) is 0. The number of nitrogens with two attached hydrogens (primary N) is 2. The van der Waals surface area contributed by atoms with Crippen molar-refractivity contribution in [2.24, 2.45) is 17.4 Å². The number of carbonyl (C=O) groups excluding carboxylic acids is 1. The van der Waals surface area contributed by atoms with E-state index in [4.69, 9.17) is 11.5 Å². The zero-order chi connectivity index (χ0) is 9.68. The van der Waals surface area contributed by atoms with E-state index >= 15 is 0 Å². The Labute approximate surface area is 79.3 Å². The van der Waals surface area contributed by atoms with Crippen LogP contribution in [-0.4, -0.2) is 37.0 Å². The summed E-state index contributed by atoms with van der Waals surface area (Å²) in [6.07, 6.45) is 2.72. The topological polar surface area (TPSA) is 72.3 Å². The van der Waals surface area contributed by atoms with Crippen LogP contribution in [0.15, 0.2) is 0 Å². The molecule has 1 saturated heterocycles. The molecule has 4 nitrogen and oxygen atoms in total. The molecule has 1 heterocycles. The molecular formula is C9H19N3O. The molecule has 4 N–H and O–H groups in total. The second-order valence-electron chi connectivity index (χ2n) is 3.74. The highest BCUT2D eigenvalue weighted by Crippen LogP contribution is 2.19. The van der Waals surface area contributed by atoms with E-state index in [1.165, 1.54) is 0 Å². The summed E-state index contributed by atoms with van der Waals surface area (Å²) >= 11 is 0. The zero-order valence-electron chi connectivity index (χ0n) is 8.04. The van der Waals surface area contributed by atoms with E-state index in [-0.39, 0.29) is 5.91 Å². The minimum absolute atomic E-state index is 0.169. The summed E-state index contributed by atoms with van der Waals surface area (Å²) in [6.45, 7) is 3.83. The average Bonchev–Trinajstić information content (AvgIpc) is 2.08. The zero-order valence-corrected chi connectivity index (χ0v) is 8.04. The van der Waals surface area contributed by atoms with Gasteiger partial charge in [0.25, 0.3) is 0 Å². The van der Waals surface area contributed by atoms with Gasteiger partial charge in [0.1, 0.15) is 0 Å². The minimum atomic E-state index is -0.169. The lowest BCUT2D eigenvalue weighted by atomic mass is 9.93. The molecule has 1 fully saturated rings. The van der Waals surface area contributed by atoms with Gasteiger partial charge in [0, 0.05) is 19.5 Å². The number of rotatable bonds is 4. The van der Waals surface area contributed by atoms with Crippen molar-refractivity contribution < 1.29 is 4.79 Å². The lowest BCUT2D eigenvalue weighted by Gasteiger charge is -2.30. The van der Waals surface area contributed by atoms with Gasteiger partial charge in [0.2, 0.25) is 5.91 Å². The van der Waals surface area contributed by atoms with Gasteiger partial charge < -0.3 is 16.4 Å². The molecule has 1 aliphatic rings. The monoisotopic (exact) mass is 185 g/mol. The SMILES string of the molecule is NCCN1CCC(CC(N)=O)CC1. The molecule has 1 rings (SSSR count). The average molecular weight is 185 g/mol. The van der Waals surface area contributed by atoms with Crippen LogP contribution in [0.4, 0.5) is 0 Å². The predicted octanol–water partition coefficient (Wildman–Crippen LogP) is -0.467. The van der Waals surface area contributed by atoms with Crippen molar-refractivity contribution in [2.75, 3.05) is 26.2 Å². The highest BCUT2D eigenvalue weighted by molar-refractivity contribution is 5.73. The van der Waals surface area contributed by atoms with Gasteiger partial charge >= 0.3 is 0 Å². The Hall–Kier alpha value is -0.610. The molecule has 13 heavy (non-hydrogen) atoms. The summed E-state index contributed by atoms with van der Waals surface area (Å²) < 4.78 is 0. The summed E-state index contributed by atoms with van der Waals surface area (Å²) in [5.41, 5.74) is 10.6. The molecule has 0 spiro atoms. The number of likely N-dealkylation sites (tertiary alicyclic amines) is 1. The number of hydrogen-bond acceptors (Lipinski definition) is 3. The number of carbonyl (C=O) groups is 1. The van der Waals surface area contributed by atoms with Gasteiger partial charge in [-0.2, -0.15) is 0 Å². The number of nitrogens with zero attached hydrogens (tertiary/aromatic N) is 1. The fourth-order valence-electron chi connectivity index (χ4n) is 1.88. The lowest BCUT2D eigenvalue weighted by molar-refractivity contribution is -0.119. The van der Waals surface area contributed by atoms with E-state index in [1.54, 1.807) is 0 Å². The molecule has 0 aliphatic carbocycles. The van der Waals surface area contributed by atoms with Gasteiger partial charge in [-0.1, -0.05) is 0 Å². The van der Waals surface area contributed by atoms with Crippen LogP contribution in [0.25, 0.3) is 0 Å². The molecule has 0 unspecified atom stereocenters. The maximum atomic E-state index is 10.7. The molecule has 0 aromatic heterocycles. The van der Waals surface area contributed by atoms with E-state index in [9.17, 15) is 4.79 Å². The maximum absolute atomic E-state index is 10.7. The third-order valence-electron chi connectivity index (χ3n) is 2.64. The molecule has 0 bridgehead atoms. The van der Waals surface area contributed by atoms with E-state index in [2.05, 4.69) is 4.90 Å². The van der Waals surface area contributed by atoms with Crippen LogP contribution in [0, 0.1) is 5.92 Å². The van der Waals surface area contributed by atoms with Crippen molar-refractivity contribution in [3.63, 3.8) is 0 Å². The van der Waals surface area contributed by atoms with Crippen LogP contribution in [-0.2, 0) is 4.79 Å². The van der Waals surface area contributed by atoms with Gasteiger partial charge in [0.05, 0.1) is 0 Å². The Balaban J connectivity index is 2.18. The number of primary amides is 1. The van der Waals surface area contributed by atoms with E-state index in [0.29, 0.717) is 12.3 Å². The molecule has 0 radical (unpaired) electrons. The van der Waals surface area contributed by atoms with E-state index < -0.39 is 0 Å². The van der Waals surface area contributed by atoms with Crippen molar-refractivity contribution in [3.8, 4) is 0 Å². The fraction of sp³-hybridized carbons (Fsp3) is 0.889. The van der Waals surface area contributed by atoms with Crippen LogP contribution < -0.4 is 11.5 Å². The Kier molecular flexibility index (Phi) is 4.18. The van der Waals surface area contributed by atoms with Gasteiger partial charge in [-0.3, -0.25) is 4.79 Å². The number of hydrogen-bond donors (Lipinski definition) is 2. The smallest absolute Gasteiger partial charge is 0.217 e. The fourth-order valence-corrected chi connectivity index (χ4v) is 1.88. The predicted molar refractivity (Wildman–Crippen MR) is 52.0 cm³/mol. The standard InChI is InChI=1S/C9H19N3O/c10-3-6-12-4-1-8(2-5-12)7-9(11)13/h8H,1-7,10H2,(H2,11,13). The van der Waals surface area contributed by atoms with Crippen molar-refractivity contribution >= 4 is 5.91 Å². The molecule has 76 valence electrons. The Morgan fingerprint density at radius 2 is 2.00 bits per heavy atom. The largest absolute Gasteiger partial charge is 0.370 e. The highest BCUT2D eigenvalue weighted by atomic mass is 16.1. The third-order valence-corrected chi connectivity index (χ3v) is 2.64. The van der Waals surface area contributed by atoms with Crippen molar-refractivity contribution in [2.45, 2.75) is 19.3 Å². The first-order valence-corrected chi connectivity index (χ1v) is 4.93. The Morgan fingerprint density at radius 1 is 1.38 bits per heavy atom. The first-order chi connectivity index (χ1) is 6.22. The molecule has 0 saturated carbocycles.